The van der Waals surface area contributed by atoms with E-state index in [0.717, 1.165) is 12.1 Å². The smallest absolute Gasteiger partial charge is 0.280 e. The number of benzene rings is 1. The number of anilines is 1. The molecule has 7 heteroatoms. The first-order chi connectivity index (χ1) is 10.5. The van der Waals surface area contributed by atoms with E-state index in [2.05, 4.69) is 5.16 Å². The largest absolute Gasteiger partial charge is 0.487 e. The minimum absolute atomic E-state index is 0.127. The molecular formula is C15H14F2N2O3. The van der Waals surface area contributed by atoms with Gasteiger partial charge in [-0.05, 0) is 6.92 Å². The summed E-state index contributed by atoms with van der Waals surface area (Å²) in [6.45, 7) is 3.83. The monoisotopic (exact) mass is 308 g/mol. The van der Waals surface area contributed by atoms with E-state index in [1.54, 1.807) is 13.0 Å². The number of hydrogen-bond acceptors (Lipinski definition) is 4. The zero-order chi connectivity index (χ0) is 15.9. The SMILES string of the molecule is CCc1cc(C(=O)N2CC(C)Oc3cc(F)c(F)cc32)no1. The topological polar surface area (TPSA) is 55.6 Å². The second-order valence-electron chi connectivity index (χ2n) is 5.11. The Kier molecular flexibility index (Phi) is 3.56. The average molecular weight is 308 g/mol. The molecule has 0 aliphatic carbocycles. The van der Waals surface area contributed by atoms with Crippen LogP contribution in [-0.4, -0.2) is 23.7 Å². The molecule has 1 atom stereocenters. The Morgan fingerprint density at radius 3 is 2.77 bits per heavy atom. The lowest BCUT2D eigenvalue weighted by molar-refractivity contribution is 0.0952. The molecule has 0 saturated heterocycles. The van der Waals surface area contributed by atoms with Crippen LogP contribution in [0, 0.1) is 11.6 Å². The van der Waals surface area contributed by atoms with Crippen molar-refractivity contribution in [3.8, 4) is 5.75 Å². The summed E-state index contributed by atoms with van der Waals surface area (Å²) in [4.78, 5) is 13.9. The Bertz CT molecular complexity index is 730. The highest BCUT2D eigenvalue weighted by molar-refractivity contribution is 6.05. The van der Waals surface area contributed by atoms with Crippen LogP contribution in [0.5, 0.6) is 5.75 Å². The van der Waals surface area contributed by atoms with Gasteiger partial charge in [-0.3, -0.25) is 9.69 Å². The molecule has 5 nitrogen and oxygen atoms in total. The Balaban J connectivity index is 2.01. The normalized spacial score (nSPS) is 17.1. The number of fused-ring (bicyclic) bond motifs is 1. The van der Waals surface area contributed by atoms with Crippen molar-refractivity contribution in [2.75, 3.05) is 11.4 Å². The highest BCUT2D eigenvalue weighted by atomic mass is 19.2. The highest BCUT2D eigenvalue weighted by Gasteiger charge is 2.31. The van der Waals surface area contributed by atoms with Gasteiger partial charge < -0.3 is 9.26 Å². The van der Waals surface area contributed by atoms with E-state index in [9.17, 15) is 13.6 Å². The molecule has 0 radical (unpaired) electrons. The molecule has 0 spiro atoms. The molecule has 1 aliphatic heterocycles. The third kappa shape index (κ3) is 2.43. The maximum atomic E-state index is 13.5. The summed E-state index contributed by atoms with van der Waals surface area (Å²) >= 11 is 0. The maximum absolute atomic E-state index is 13.5. The van der Waals surface area contributed by atoms with Crippen molar-refractivity contribution in [2.24, 2.45) is 0 Å². The second-order valence-corrected chi connectivity index (χ2v) is 5.11. The maximum Gasteiger partial charge on any atom is 0.280 e. The molecule has 2 heterocycles. The first-order valence-electron chi connectivity index (χ1n) is 6.92. The first-order valence-corrected chi connectivity index (χ1v) is 6.92. The van der Waals surface area contributed by atoms with Crippen LogP contribution in [0.2, 0.25) is 0 Å². The molecule has 1 aromatic heterocycles. The molecule has 1 amide bonds. The lowest BCUT2D eigenvalue weighted by Crippen LogP contribution is -2.42. The van der Waals surface area contributed by atoms with E-state index in [0.29, 0.717) is 12.2 Å². The molecule has 0 N–H and O–H groups in total. The van der Waals surface area contributed by atoms with Crippen LogP contribution >= 0.6 is 0 Å². The highest BCUT2D eigenvalue weighted by Crippen LogP contribution is 2.36. The van der Waals surface area contributed by atoms with E-state index < -0.39 is 17.5 Å². The molecule has 1 unspecified atom stereocenters. The van der Waals surface area contributed by atoms with Crippen molar-refractivity contribution in [1.29, 1.82) is 0 Å². The van der Waals surface area contributed by atoms with Crippen molar-refractivity contribution in [2.45, 2.75) is 26.4 Å². The van der Waals surface area contributed by atoms with Gasteiger partial charge in [-0.2, -0.15) is 0 Å². The van der Waals surface area contributed by atoms with Crippen molar-refractivity contribution in [1.82, 2.24) is 5.16 Å². The van der Waals surface area contributed by atoms with Gasteiger partial charge in [0.1, 0.15) is 17.6 Å². The summed E-state index contributed by atoms with van der Waals surface area (Å²) < 4.78 is 37.3. The lowest BCUT2D eigenvalue weighted by atomic mass is 10.1. The zero-order valence-corrected chi connectivity index (χ0v) is 12.1. The van der Waals surface area contributed by atoms with E-state index in [4.69, 9.17) is 9.26 Å². The fraction of sp³-hybridized carbons (Fsp3) is 0.333. The van der Waals surface area contributed by atoms with Crippen molar-refractivity contribution < 1.29 is 22.8 Å². The van der Waals surface area contributed by atoms with Crippen molar-refractivity contribution >= 4 is 11.6 Å². The van der Waals surface area contributed by atoms with Crippen LogP contribution < -0.4 is 9.64 Å². The number of carbonyl (C=O) groups excluding carboxylic acids is 1. The van der Waals surface area contributed by atoms with E-state index >= 15 is 0 Å². The Morgan fingerprint density at radius 1 is 1.36 bits per heavy atom. The second kappa shape index (κ2) is 5.40. The quantitative estimate of drug-likeness (QED) is 0.856. The third-order valence-electron chi connectivity index (χ3n) is 3.43. The number of ether oxygens (including phenoxy) is 1. The van der Waals surface area contributed by atoms with Gasteiger partial charge in [0.05, 0.1) is 12.2 Å². The summed E-state index contributed by atoms with van der Waals surface area (Å²) in [5.74, 6) is -1.79. The molecule has 0 fully saturated rings. The Labute approximate surface area is 125 Å². The summed E-state index contributed by atoms with van der Waals surface area (Å²) in [5.41, 5.74) is 0.310. The summed E-state index contributed by atoms with van der Waals surface area (Å²) in [6.07, 6.45) is 0.259. The van der Waals surface area contributed by atoms with Gasteiger partial charge in [0, 0.05) is 24.6 Å². The van der Waals surface area contributed by atoms with Crippen LogP contribution in [0.15, 0.2) is 22.7 Å². The first kappa shape index (κ1) is 14.5. The minimum Gasteiger partial charge on any atom is -0.487 e. The number of rotatable bonds is 2. The van der Waals surface area contributed by atoms with Crippen LogP contribution in [0.1, 0.15) is 30.1 Å². The average Bonchev–Trinajstić information content (AvgIpc) is 2.96. The van der Waals surface area contributed by atoms with E-state index in [1.165, 1.54) is 4.90 Å². The van der Waals surface area contributed by atoms with Gasteiger partial charge in [0.2, 0.25) is 0 Å². The Hall–Kier alpha value is -2.44. The fourth-order valence-corrected chi connectivity index (χ4v) is 2.34. The Morgan fingerprint density at radius 2 is 2.09 bits per heavy atom. The number of amides is 1. The number of halogens is 2. The minimum atomic E-state index is -1.04. The summed E-state index contributed by atoms with van der Waals surface area (Å²) in [5, 5.41) is 3.73. The molecule has 22 heavy (non-hydrogen) atoms. The predicted molar refractivity (Wildman–Crippen MR) is 74.0 cm³/mol. The van der Waals surface area contributed by atoms with E-state index in [-0.39, 0.29) is 29.8 Å². The lowest BCUT2D eigenvalue weighted by Gasteiger charge is -2.33. The van der Waals surface area contributed by atoms with Gasteiger partial charge in [-0.25, -0.2) is 8.78 Å². The molecule has 3 rings (SSSR count). The van der Waals surface area contributed by atoms with Crippen LogP contribution in [-0.2, 0) is 6.42 Å². The van der Waals surface area contributed by atoms with Gasteiger partial charge >= 0.3 is 0 Å². The van der Waals surface area contributed by atoms with Crippen molar-refractivity contribution in [3.05, 3.63) is 41.3 Å². The van der Waals surface area contributed by atoms with Gasteiger partial charge in [-0.15, -0.1) is 0 Å². The number of carbonyl (C=O) groups is 1. The van der Waals surface area contributed by atoms with Crippen LogP contribution in [0.4, 0.5) is 14.5 Å². The fourth-order valence-electron chi connectivity index (χ4n) is 2.34. The number of aryl methyl sites for hydroxylation is 1. The van der Waals surface area contributed by atoms with Crippen LogP contribution in [0.25, 0.3) is 0 Å². The third-order valence-corrected chi connectivity index (χ3v) is 3.43. The molecular weight excluding hydrogens is 294 g/mol. The summed E-state index contributed by atoms with van der Waals surface area (Å²) in [7, 11) is 0. The molecule has 0 saturated carbocycles. The van der Waals surface area contributed by atoms with Gasteiger partial charge in [0.15, 0.2) is 17.3 Å². The van der Waals surface area contributed by atoms with Gasteiger partial charge in [-0.1, -0.05) is 12.1 Å². The number of hydrogen-bond donors (Lipinski definition) is 0. The number of aromatic nitrogens is 1. The van der Waals surface area contributed by atoms with Gasteiger partial charge in [0.25, 0.3) is 5.91 Å². The van der Waals surface area contributed by atoms with E-state index in [1.807, 2.05) is 6.92 Å². The molecule has 0 bridgehead atoms. The summed E-state index contributed by atoms with van der Waals surface area (Å²) in [6, 6.07) is 3.44. The number of nitrogens with zero attached hydrogens (tertiary/aromatic N) is 2. The molecule has 1 aromatic carbocycles. The molecule has 2 aromatic rings. The predicted octanol–water partition coefficient (Wildman–Crippen LogP) is 2.94. The molecule has 116 valence electrons. The standard InChI is InChI=1S/C15H14F2N2O3/c1-3-9-4-12(18-22-9)15(20)19-7-8(2)21-14-6-11(17)10(16)5-13(14)19/h4-6,8H,3,7H2,1-2H3. The molecule has 1 aliphatic rings. The van der Waals surface area contributed by atoms with Crippen molar-refractivity contribution in [3.63, 3.8) is 0 Å². The van der Waals surface area contributed by atoms with Crippen LogP contribution in [0.3, 0.4) is 0 Å². The zero-order valence-electron chi connectivity index (χ0n) is 12.1.